The van der Waals surface area contributed by atoms with E-state index in [2.05, 4.69) is 17.6 Å². The van der Waals surface area contributed by atoms with Gasteiger partial charge in [0.25, 0.3) is 0 Å². The standard InChI is InChI=1S/C14H26N2O/c1-11-3-2-4-13(11)16-14(17)6-5-12-7-9-15-10-8-12/h11-13,15H,2-10H2,1H3,(H,16,17). The molecular formula is C14H26N2O. The smallest absolute Gasteiger partial charge is 0.220 e. The summed E-state index contributed by atoms with van der Waals surface area (Å²) in [6.07, 6.45) is 8.03. The van der Waals surface area contributed by atoms with Gasteiger partial charge in [0.15, 0.2) is 0 Å². The third-order valence-corrected chi connectivity index (χ3v) is 4.45. The average Bonchev–Trinajstić information content (AvgIpc) is 2.74. The fourth-order valence-corrected chi connectivity index (χ4v) is 3.14. The Hall–Kier alpha value is -0.570. The molecule has 17 heavy (non-hydrogen) atoms. The number of amides is 1. The highest BCUT2D eigenvalue weighted by Gasteiger charge is 2.24. The molecule has 3 nitrogen and oxygen atoms in total. The van der Waals surface area contributed by atoms with Gasteiger partial charge in [0.1, 0.15) is 0 Å². The van der Waals surface area contributed by atoms with Crippen LogP contribution < -0.4 is 10.6 Å². The first-order valence-electron chi connectivity index (χ1n) is 7.26. The van der Waals surface area contributed by atoms with E-state index in [0.29, 0.717) is 12.0 Å². The molecule has 0 spiro atoms. The lowest BCUT2D eigenvalue weighted by Crippen LogP contribution is -2.36. The van der Waals surface area contributed by atoms with Crippen molar-refractivity contribution in [2.45, 2.75) is 57.9 Å². The number of nitrogens with one attached hydrogen (secondary N) is 2. The van der Waals surface area contributed by atoms with E-state index in [1.54, 1.807) is 0 Å². The highest BCUT2D eigenvalue weighted by molar-refractivity contribution is 5.76. The second-order valence-electron chi connectivity index (χ2n) is 5.81. The van der Waals surface area contributed by atoms with Gasteiger partial charge in [-0.15, -0.1) is 0 Å². The van der Waals surface area contributed by atoms with E-state index in [1.165, 1.54) is 32.1 Å². The Morgan fingerprint density at radius 3 is 2.65 bits per heavy atom. The molecule has 0 radical (unpaired) electrons. The van der Waals surface area contributed by atoms with Crippen LogP contribution in [0.15, 0.2) is 0 Å². The average molecular weight is 238 g/mol. The zero-order chi connectivity index (χ0) is 12.1. The normalized spacial score (nSPS) is 30.4. The number of hydrogen-bond acceptors (Lipinski definition) is 2. The molecule has 0 aromatic heterocycles. The van der Waals surface area contributed by atoms with Crippen LogP contribution in [-0.4, -0.2) is 25.0 Å². The van der Waals surface area contributed by atoms with Gasteiger partial charge >= 0.3 is 0 Å². The van der Waals surface area contributed by atoms with Gasteiger partial charge in [0, 0.05) is 12.5 Å². The third kappa shape index (κ3) is 3.98. The van der Waals surface area contributed by atoms with Crippen molar-refractivity contribution >= 4 is 5.91 Å². The van der Waals surface area contributed by atoms with Crippen LogP contribution in [0, 0.1) is 11.8 Å². The first-order chi connectivity index (χ1) is 8.25. The Morgan fingerprint density at radius 1 is 1.24 bits per heavy atom. The first-order valence-corrected chi connectivity index (χ1v) is 7.26. The molecule has 2 rings (SSSR count). The minimum absolute atomic E-state index is 0.280. The van der Waals surface area contributed by atoms with E-state index in [-0.39, 0.29) is 5.91 Å². The van der Waals surface area contributed by atoms with E-state index >= 15 is 0 Å². The molecule has 0 aromatic rings. The quantitative estimate of drug-likeness (QED) is 0.787. The van der Waals surface area contributed by atoms with Gasteiger partial charge in [0.05, 0.1) is 0 Å². The van der Waals surface area contributed by atoms with Crippen LogP contribution in [0.3, 0.4) is 0 Å². The maximum atomic E-state index is 11.9. The molecule has 2 fully saturated rings. The van der Waals surface area contributed by atoms with Crippen LogP contribution in [0.2, 0.25) is 0 Å². The van der Waals surface area contributed by atoms with Crippen LogP contribution in [-0.2, 0) is 4.79 Å². The minimum Gasteiger partial charge on any atom is -0.353 e. The van der Waals surface area contributed by atoms with Crippen molar-refractivity contribution in [3.05, 3.63) is 0 Å². The van der Waals surface area contributed by atoms with Crippen molar-refractivity contribution in [1.29, 1.82) is 0 Å². The van der Waals surface area contributed by atoms with Crippen molar-refractivity contribution in [3.8, 4) is 0 Å². The van der Waals surface area contributed by atoms with Gasteiger partial charge in [-0.05, 0) is 57.0 Å². The van der Waals surface area contributed by atoms with E-state index in [9.17, 15) is 4.79 Å². The maximum Gasteiger partial charge on any atom is 0.220 e. The predicted octanol–water partition coefficient (Wildman–Crippen LogP) is 2.07. The molecule has 98 valence electrons. The topological polar surface area (TPSA) is 41.1 Å². The Labute approximate surface area is 105 Å². The summed E-state index contributed by atoms with van der Waals surface area (Å²) in [6, 6.07) is 0.454. The summed E-state index contributed by atoms with van der Waals surface area (Å²) in [5.41, 5.74) is 0. The van der Waals surface area contributed by atoms with Gasteiger partial charge in [-0.3, -0.25) is 4.79 Å². The molecule has 1 saturated heterocycles. The predicted molar refractivity (Wildman–Crippen MR) is 69.8 cm³/mol. The Balaban J connectivity index is 1.63. The fraction of sp³-hybridized carbons (Fsp3) is 0.929. The summed E-state index contributed by atoms with van der Waals surface area (Å²) >= 11 is 0. The van der Waals surface area contributed by atoms with Gasteiger partial charge in [-0.2, -0.15) is 0 Å². The molecule has 2 unspecified atom stereocenters. The lowest BCUT2D eigenvalue weighted by molar-refractivity contribution is -0.122. The fourth-order valence-electron chi connectivity index (χ4n) is 3.14. The molecule has 1 aliphatic carbocycles. The summed E-state index contributed by atoms with van der Waals surface area (Å²) in [5, 5.41) is 6.58. The van der Waals surface area contributed by atoms with Crippen molar-refractivity contribution in [3.63, 3.8) is 0 Å². The zero-order valence-electron chi connectivity index (χ0n) is 11.0. The highest BCUT2D eigenvalue weighted by Crippen LogP contribution is 2.25. The Morgan fingerprint density at radius 2 is 2.00 bits per heavy atom. The Bertz CT molecular complexity index is 249. The van der Waals surface area contributed by atoms with Crippen LogP contribution >= 0.6 is 0 Å². The van der Waals surface area contributed by atoms with Gasteiger partial charge in [0.2, 0.25) is 5.91 Å². The van der Waals surface area contributed by atoms with Crippen LogP contribution in [0.5, 0.6) is 0 Å². The van der Waals surface area contributed by atoms with Gasteiger partial charge < -0.3 is 10.6 Å². The number of rotatable bonds is 4. The number of hydrogen-bond donors (Lipinski definition) is 2. The molecule has 1 heterocycles. The summed E-state index contributed by atoms with van der Waals surface area (Å²) in [6.45, 7) is 4.52. The molecule has 2 N–H and O–H groups in total. The molecule has 1 aliphatic heterocycles. The summed E-state index contributed by atoms with van der Waals surface area (Å²) < 4.78 is 0. The summed E-state index contributed by atoms with van der Waals surface area (Å²) in [4.78, 5) is 11.9. The molecule has 0 aromatic carbocycles. The molecule has 1 amide bonds. The van der Waals surface area contributed by atoms with E-state index in [1.807, 2.05) is 0 Å². The van der Waals surface area contributed by atoms with Crippen molar-refractivity contribution < 1.29 is 4.79 Å². The first kappa shape index (κ1) is 12.9. The minimum atomic E-state index is 0.280. The zero-order valence-corrected chi connectivity index (χ0v) is 11.0. The summed E-state index contributed by atoms with van der Waals surface area (Å²) in [5.74, 6) is 1.73. The van der Waals surface area contributed by atoms with Crippen molar-refractivity contribution in [2.24, 2.45) is 11.8 Å². The number of carbonyl (C=O) groups excluding carboxylic acids is 1. The molecule has 1 saturated carbocycles. The largest absolute Gasteiger partial charge is 0.353 e. The number of piperidine rings is 1. The lowest BCUT2D eigenvalue weighted by Gasteiger charge is -2.23. The van der Waals surface area contributed by atoms with Crippen LogP contribution in [0.4, 0.5) is 0 Å². The second-order valence-corrected chi connectivity index (χ2v) is 5.81. The third-order valence-electron chi connectivity index (χ3n) is 4.45. The van der Waals surface area contributed by atoms with E-state index < -0.39 is 0 Å². The number of carbonyl (C=O) groups is 1. The van der Waals surface area contributed by atoms with Crippen LogP contribution in [0.1, 0.15) is 51.9 Å². The monoisotopic (exact) mass is 238 g/mol. The van der Waals surface area contributed by atoms with E-state index in [0.717, 1.165) is 31.8 Å². The molecule has 2 atom stereocenters. The van der Waals surface area contributed by atoms with Crippen molar-refractivity contribution in [1.82, 2.24) is 10.6 Å². The SMILES string of the molecule is CC1CCCC1NC(=O)CCC1CCNCC1. The van der Waals surface area contributed by atoms with E-state index in [4.69, 9.17) is 0 Å². The van der Waals surface area contributed by atoms with Gasteiger partial charge in [-0.1, -0.05) is 13.3 Å². The Kier molecular flexibility index (Phi) is 4.84. The second kappa shape index (κ2) is 6.39. The van der Waals surface area contributed by atoms with Crippen LogP contribution in [0.25, 0.3) is 0 Å². The highest BCUT2D eigenvalue weighted by atomic mass is 16.1. The molecule has 2 aliphatic rings. The molecular weight excluding hydrogens is 212 g/mol. The molecule has 3 heteroatoms. The molecule has 0 bridgehead atoms. The van der Waals surface area contributed by atoms with Crippen molar-refractivity contribution in [2.75, 3.05) is 13.1 Å². The maximum absolute atomic E-state index is 11.9. The van der Waals surface area contributed by atoms with Gasteiger partial charge in [-0.25, -0.2) is 0 Å². The lowest BCUT2D eigenvalue weighted by atomic mass is 9.93. The summed E-state index contributed by atoms with van der Waals surface area (Å²) in [7, 11) is 0.